The van der Waals surface area contributed by atoms with E-state index in [-0.39, 0.29) is 6.04 Å². The number of likely N-dealkylation sites (tertiary alicyclic amines) is 1. The molecule has 5 nitrogen and oxygen atoms in total. The molecule has 2 heterocycles. The third-order valence-corrected chi connectivity index (χ3v) is 5.13. The minimum absolute atomic E-state index is 0.204. The van der Waals surface area contributed by atoms with Crippen LogP contribution in [0, 0.1) is 6.92 Å². The highest BCUT2D eigenvalue weighted by molar-refractivity contribution is 7.85. The van der Waals surface area contributed by atoms with E-state index in [4.69, 9.17) is 4.52 Å². The lowest BCUT2D eigenvalue weighted by molar-refractivity contribution is 0.256. The van der Waals surface area contributed by atoms with Crippen LogP contribution in [0.25, 0.3) is 0 Å². The van der Waals surface area contributed by atoms with E-state index in [1.807, 2.05) is 30.3 Å². The summed E-state index contributed by atoms with van der Waals surface area (Å²) in [4.78, 5) is 7.54. The van der Waals surface area contributed by atoms with Gasteiger partial charge in [-0.2, -0.15) is 4.98 Å². The summed E-state index contributed by atoms with van der Waals surface area (Å²) in [7, 11) is -0.951. The molecule has 0 N–H and O–H groups in total. The highest BCUT2D eigenvalue weighted by Gasteiger charge is 2.29. The number of aryl methyl sites for hydroxylation is 1. The lowest BCUT2D eigenvalue weighted by Crippen LogP contribution is -2.28. The van der Waals surface area contributed by atoms with Gasteiger partial charge in [-0.1, -0.05) is 23.4 Å². The van der Waals surface area contributed by atoms with Gasteiger partial charge in [-0.25, -0.2) is 0 Å². The molecule has 1 aliphatic rings. The summed E-state index contributed by atoms with van der Waals surface area (Å²) in [5.74, 6) is 2.00. The van der Waals surface area contributed by atoms with Crippen molar-refractivity contribution in [1.29, 1.82) is 0 Å². The third kappa shape index (κ3) is 3.39. The normalized spacial score (nSPS) is 20.7. The van der Waals surface area contributed by atoms with Crippen molar-refractivity contribution in [3.63, 3.8) is 0 Å². The molecule has 3 rings (SSSR count). The molecular weight excluding hydrogens is 286 g/mol. The predicted molar refractivity (Wildman–Crippen MR) is 80.3 cm³/mol. The van der Waals surface area contributed by atoms with E-state index >= 15 is 0 Å². The fraction of sp³-hybridized carbons (Fsp3) is 0.467. The van der Waals surface area contributed by atoms with Crippen LogP contribution in [0.15, 0.2) is 39.8 Å². The Morgan fingerprint density at radius 2 is 2.19 bits per heavy atom. The van der Waals surface area contributed by atoms with Gasteiger partial charge in [-0.15, -0.1) is 0 Å². The summed E-state index contributed by atoms with van der Waals surface area (Å²) in [6.45, 7) is 3.60. The molecule has 0 bridgehead atoms. The molecule has 1 aromatic carbocycles. The largest absolute Gasteiger partial charge is 0.340 e. The molecule has 0 saturated carbocycles. The van der Waals surface area contributed by atoms with Gasteiger partial charge >= 0.3 is 0 Å². The van der Waals surface area contributed by atoms with E-state index in [0.29, 0.717) is 11.6 Å². The van der Waals surface area contributed by atoms with Crippen molar-refractivity contribution < 1.29 is 8.73 Å². The first-order valence-electron chi connectivity index (χ1n) is 7.22. The van der Waals surface area contributed by atoms with E-state index < -0.39 is 10.8 Å². The molecule has 2 unspecified atom stereocenters. The molecule has 0 spiro atoms. The van der Waals surface area contributed by atoms with Gasteiger partial charge in [-0.05, 0) is 31.5 Å². The van der Waals surface area contributed by atoms with E-state index in [9.17, 15) is 4.21 Å². The zero-order valence-electron chi connectivity index (χ0n) is 12.1. The standard InChI is InChI=1S/C15H19N3O2S/c1-12-16-15(17-20-12)14-8-5-9-18(14)10-11-21(19)13-6-3-2-4-7-13/h2-4,6-7,14H,5,8-11H2,1H3. The molecule has 1 aliphatic heterocycles. The van der Waals surface area contributed by atoms with Gasteiger partial charge in [-0.3, -0.25) is 9.11 Å². The number of benzene rings is 1. The lowest BCUT2D eigenvalue weighted by Gasteiger charge is -2.21. The number of hydrogen-bond donors (Lipinski definition) is 0. The maximum Gasteiger partial charge on any atom is 0.223 e. The minimum atomic E-state index is -0.951. The van der Waals surface area contributed by atoms with Crippen LogP contribution in [-0.4, -0.2) is 38.1 Å². The number of nitrogens with zero attached hydrogens (tertiary/aromatic N) is 3. The molecule has 6 heteroatoms. The minimum Gasteiger partial charge on any atom is -0.340 e. The highest BCUT2D eigenvalue weighted by Crippen LogP contribution is 2.29. The average molecular weight is 305 g/mol. The molecular formula is C15H19N3O2S. The van der Waals surface area contributed by atoms with Gasteiger partial charge in [0, 0.05) is 24.1 Å². The van der Waals surface area contributed by atoms with Gasteiger partial charge in [0.1, 0.15) is 0 Å². The first kappa shape index (κ1) is 14.4. The smallest absolute Gasteiger partial charge is 0.223 e. The number of aromatic nitrogens is 2. The van der Waals surface area contributed by atoms with Crippen LogP contribution in [0.4, 0.5) is 0 Å². The molecule has 0 amide bonds. The maximum atomic E-state index is 12.3. The summed E-state index contributed by atoms with van der Waals surface area (Å²) in [6, 6.07) is 9.83. The van der Waals surface area contributed by atoms with E-state index in [1.54, 1.807) is 6.92 Å². The molecule has 21 heavy (non-hydrogen) atoms. The first-order chi connectivity index (χ1) is 10.2. The van der Waals surface area contributed by atoms with Crippen LogP contribution in [0.5, 0.6) is 0 Å². The van der Waals surface area contributed by atoms with Crippen molar-refractivity contribution in [2.75, 3.05) is 18.8 Å². The molecule has 0 aliphatic carbocycles. The summed E-state index contributed by atoms with van der Waals surface area (Å²) in [5, 5.41) is 4.03. The van der Waals surface area contributed by atoms with Crippen molar-refractivity contribution in [3.8, 4) is 0 Å². The van der Waals surface area contributed by atoms with Crippen molar-refractivity contribution >= 4 is 10.8 Å². The van der Waals surface area contributed by atoms with Gasteiger partial charge in [0.25, 0.3) is 0 Å². The lowest BCUT2D eigenvalue weighted by atomic mass is 10.2. The number of rotatable bonds is 5. The number of hydrogen-bond acceptors (Lipinski definition) is 5. The molecule has 1 fully saturated rings. The monoisotopic (exact) mass is 305 g/mol. The van der Waals surface area contributed by atoms with E-state index in [0.717, 1.165) is 36.7 Å². The zero-order valence-corrected chi connectivity index (χ0v) is 12.9. The Labute approximate surface area is 126 Å². The van der Waals surface area contributed by atoms with Crippen LogP contribution in [0.1, 0.15) is 30.6 Å². The second-order valence-electron chi connectivity index (χ2n) is 5.23. The quantitative estimate of drug-likeness (QED) is 0.848. The van der Waals surface area contributed by atoms with Gasteiger partial charge in [0.15, 0.2) is 5.82 Å². The Morgan fingerprint density at radius 1 is 1.38 bits per heavy atom. The second kappa shape index (κ2) is 6.49. The van der Waals surface area contributed by atoms with Gasteiger partial charge in [0.05, 0.1) is 16.8 Å². The average Bonchev–Trinajstić information content (AvgIpc) is 3.14. The SMILES string of the molecule is Cc1nc(C2CCCN2CCS(=O)c2ccccc2)no1. The third-order valence-electron chi connectivity index (χ3n) is 3.77. The molecule has 2 atom stereocenters. The molecule has 112 valence electrons. The summed E-state index contributed by atoms with van der Waals surface area (Å²) in [6.07, 6.45) is 2.16. The highest BCUT2D eigenvalue weighted by atomic mass is 32.2. The maximum absolute atomic E-state index is 12.3. The Balaban J connectivity index is 1.61. The molecule has 0 radical (unpaired) electrons. The van der Waals surface area contributed by atoms with Crippen molar-refractivity contribution in [3.05, 3.63) is 42.0 Å². The Bertz CT molecular complexity index is 614. The van der Waals surface area contributed by atoms with Crippen LogP contribution in [-0.2, 0) is 10.8 Å². The molecule has 1 saturated heterocycles. The summed E-state index contributed by atoms with van der Waals surface area (Å²) >= 11 is 0. The fourth-order valence-electron chi connectivity index (χ4n) is 2.73. The summed E-state index contributed by atoms with van der Waals surface area (Å²) in [5.41, 5.74) is 0. The predicted octanol–water partition coefficient (Wildman–Crippen LogP) is 2.32. The fourth-order valence-corrected chi connectivity index (χ4v) is 3.82. The van der Waals surface area contributed by atoms with Crippen molar-refractivity contribution in [2.24, 2.45) is 0 Å². The van der Waals surface area contributed by atoms with Gasteiger partial charge < -0.3 is 4.52 Å². The Morgan fingerprint density at radius 3 is 2.90 bits per heavy atom. The second-order valence-corrected chi connectivity index (χ2v) is 6.80. The van der Waals surface area contributed by atoms with E-state index in [1.165, 1.54) is 0 Å². The molecule has 1 aromatic heterocycles. The summed E-state index contributed by atoms with van der Waals surface area (Å²) < 4.78 is 17.4. The Kier molecular flexibility index (Phi) is 4.45. The van der Waals surface area contributed by atoms with Crippen LogP contribution in [0.3, 0.4) is 0 Å². The van der Waals surface area contributed by atoms with Crippen molar-refractivity contribution in [1.82, 2.24) is 15.0 Å². The Hall–Kier alpha value is -1.53. The van der Waals surface area contributed by atoms with Crippen LogP contribution >= 0.6 is 0 Å². The van der Waals surface area contributed by atoms with Crippen molar-refractivity contribution in [2.45, 2.75) is 30.7 Å². The van der Waals surface area contributed by atoms with Crippen LogP contribution < -0.4 is 0 Å². The van der Waals surface area contributed by atoms with Crippen LogP contribution in [0.2, 0.25) is 0 Å². The van der Waals surface area contributed by atoms with Gasteiger partial charge in [0.2, 0.25) is 5.89 Å². The topological polar surface area (TPSA) is 59.2 Å². The zero-order chi connectivity index (χ0) is 14.7. The van der Waals surface area contributed by atoms with E-state index in [2.05, 4.69) is 15.0 Å². The molecule has 2 aromatic rings. The first-order valence-corrected chi connectivity index (χ1v) is 8.53.